The maximum Gasteiger partial charge on any atom is 0.254 e. The van der Waals surface area contributed by atoms with Gasteiger partial charge in [-0.1, -0.05) is 6.07 Å². The molecule has 0 radical (unpaired) electrons. The summed E-state index contributed by atoms with van der Waals surface area (Å²) in [7, 11) is 0. The minimum atomic E-state index is 0. The molecule has 1 aromatic carbocycles. The van der Waals surface area contributed by atoms with Crippen LogP contribution in [0.4, 0.5) is 0 Å². The Labute approximate surface area is 140 Å². The van der Waals surface area contributed by atoms with Gasteiger partial charge in [0.25, 0.3) is 5.91 Å². The van der Waals surface area contributed by atoms with Gasteiger partial charge in [0, 0.05) is 27.8 Å². The number of hydrogen-bond acceptors (Lipinski definition) is 2. The number of fused-ring (bicyclic) bond motifs is 2. The van der Waals surface area contributed by atoms with Crippen LogP contribution >= 0.6 is 35.0 Å². The molecule has 2 atom stereocenters. The van der Waals surface area contributed by atoms with Crippen LogP contribution in [0.25, 0.3) is 0 Å². The Morgan fingerprint density at radius 2 is 2.05 bits per heavy atom. The highest BCUT2D eigenvalue weighted by atomic mass is 127. The average molecular weight is 407 g/mol. The molecule has 1 aromatic rings. The molecule has 2 unspecified atom stereocenters. The molecule has 0 spiro atoms. The van der Waals surface area contributed by atoms with Crippen molar-refractivity contribution in [2.75, 3.05) is 13.1 Å². The smallest absolute Gasteiger partial charge is 0.254 e. The summed E-state index contributed by atoms with van der Waals surface area (Å²) < 4.78 is 1.17. The summed E-state index contributed by atoms with van der Waals surface area (Å²) in [6, 6.07) is 6.87. The van der Waals surface area contributed by atoms with Crippen molar-refractivity contribution in [3.05, 3.63) is 32.9 Å². The van der Waals surface area contributed by atoms with E-state index in [0.29, 0.717) is 12.1 Å². The zero-order valence-electron chi connectivity index (χ0n) is 11.6. The van der Waals surface area contributed by atoms with Crippen LogP contribution in [-0.4, -0.2) is 36.0 Å². The third-order valence-electron chi connectivity index (χ3n) is 4.31. The molecule has 2 heterocycles. The van der Waals surface area contributed by atoms with E-state index in [1.165, 1.54) is 15.6 Å². The van der Waals surface area contributed by atoms with Crippen LogP contribution < -0.4 is 5.32 Å². The van der Waals surface area contributed by atoms with Crippen molar-refractivity contribution in [1.82, 2.24) is 10.2 Å². The molecule has 0 aliphatic carbocycles. The molecule has 20 heavy (non-hydrogen) atoms. The second kappa shape index (κ2) is 6.62. The molecule has 2 aliphatic rings. The minimum absolute atomic E-state index is 0. The van der Waals surface area contributed by atoms with Crippen molar-refractivity contribution in [3.63, 3.8) is 0 Å². The van der Waals surface area contributed by atoms with Crippen LogP contribution in [0.1, 0.15) is 35.2 Å². The molecule has 1 amide bonds. The summed E-state index contributed by atoms with van der Waals surface area (Å²) in [5.41, 5.74) is 2.08. The number of benzene rings is 1. The predicted octanol–water partition coefficient (Wildman–Crippen LogP) is 2.99. The molecule has 2 saturated heterocycles. The van der Waals surface area contributed by atoms with Gasteiger partial charge in [0.2, 0.25) is 0 Å². The summed E-state index contributed by atoms with van der Waals surface area (Å²) in [4.78, 5) is 14.9. The number of nitrogens with zero attached hydrogens (tertiary/aromatic N) is 1. The summed E-state index contributed by atoms with van der Waals surface area (Å²) in [5.74, 6) is 0.217. The number of rotatable bonds is 1. The van der Waals surface area contributed by atoms with Crippen LogP contribution in [-0.2, 0) is 0 Å². The van der Waals surface area contributed by atoms with Crippen LogP contribution in [0.3, 0.4) is 0 Å². The fourth-order valence-electron chi connectivity index (χ4n) is 3.19. The number of aryl methyl sites for hydroxylation is 1. The van der Waals surface area contributed by atoms with Gasteiger partial charge in [-0.25, -0.2) is 0 Å². The van der Waals surface area contributed by atoms with Crippen LogP contribution in [0.15, 0.2) is 18.2 Å². The summed E-state index contributed by atoms with van der Waals surface area (Å²) in [5, 5.41) is 3.44. The third-order valence-corrected chi connectivity index (χ3v) is 5.47. The fourth-order valence-corrected chi connectivity index (χ4v) is 3.70. The molecule has 2 bridgehead atoms. The average Bonchev–Trinajstić information content (AvgIpc) is 2.65. The molecule has 2 fully saturated rings. The van der Waals surface area contributed by atoms with E-state index in [9.17, 15) is 4.79 Å². The first kappa shape index (κ1) is 16.0. The van der Waals surface area contributed by atoms with Crippen molar-refractivity contribution in [3.8, 4) is 0 Å². The Balaban J connectivity index is 0.00000147. The number of hydrogen-bond donors (Lipinski definition) is 1. The zero-order chi connectivity index (χ0) is 13.4. The zero-order valence-corrected chi connectivity index (χ0v) is 14.5. The number of amides is 1. The van der Waals surface area contributed by atoms with Crippen molar-refractivity contribution < 1.29 is 4.79 Å². The minimum Gasteiger partial charge on any atom is -0.331 e. The van der Waals surface area contributed by atoms with Crippen molar-refractivity contribution >= 4 is 40.9 Å². The lowest BCUT2D eigenvalue weighted by Crippen LogP contribution is -2.42. The SMILES string of the molecule is Cc1ccc(C(=O)N2C3CCNCC2CC3)cc1I.Cl. The van der Waals surface area contributed by atoms with E-state index in [4.69, 9.17) is 0 Å². The number of nitrogens with one attached hydrogen (secondary N) is 1. The highest BCUT2D eigenvalue weighted by Crippen LogP contribution is 2.30. The highest BCUT2D eigenvalue weighted by Gasteiger charge is 2.38. The maximum atomic E-state index is 12.8. The van der Waals surface area contributed by atoms with E-state index >= 15 is 0 Å². The molecule has 110 valence electrons. The van der Waals surface area contributed by atoms with E-state index in [2.05, 4.69) is 39.7 Å². The normalized spacial score (nSPS) is 25.0. The van der Waals surface area contributed by atoms with E-state index < -0.39 is 0 Å². The summed E-state index contributed by atoms with van der Waals surface area (Å²) in [6.07, 6.45) is 3.40. The Bertz CT molecular complexity index is 495. The van der Waals surface area contributed by atoms with Crippen molar-refractivity contribution in [2.24, 2.45) is 0 Å². The van der Waals surface area contributed by atoms with E-state index in [0.717, 1.165) is 31.5 Å². The van der Waals surface area contributed by atoms with Gasteiger partial charge in [-0.05, 0) is 73.0 Å². The van der Waals surface area contributed by atoms with Gasteiger partial charge in [0.15, 0.2) is 0 Å². The largest absolute Gasteiger partial charge is 0.331 e. The lowest BCUT2D eigenvalue weighted by atomic mass is 10.1. The van der Waals surface area contributed by atoms with Crippen molar-refractivity contribution in [2.45, 2.75) is 38.3 Å². The van der Waals surface area contributed by atoms with E-state index in [1.807, 2.05) is 18.2 Å². The number of halogens is 2. The van der Waals surface area contributed by atoms with Crippen LogP contribution in [0.5, 0.6) is 0 Å². The number of carbonyl (C=O) groups excluding carboxylic acids is 1. The van der Waals surface area contributed by atoms with Gasteiger partial charge < -0.3 is 10.2 Å². The van der Waals surface area contributed by atoms with Gasteiger partial charge in [-0.2, -0.15) is 0 Å². The first-order valence-corrected chi connectivity index (χ1v) is 8.04. The van der Waals surface area contributed by atoms with Gasteiger partial charge >= 0.3 is 0 Å². The highest BCUT2D eigenvalue weighted by molar-refractivity contribution is 14.1. The van der Waals surface area contributed by atoms with Gasteiger partial charge in [-0.3, -0.25) is 4.79 Å². The summed E-state index contributed by atoms with van der Waals surface area (Å²) >= 11 is 2.30. The molecule has 2 aliphatic heterocycles. The topological polar surface area (TPSA) is 32.3 Å². The standard InChI is InChI=1S/C15H19IN2O.ClH/c1-10-2-3-11(8-14(10)16)15(19)18-12-4-5-13(18)9-17-7-6-12;/h2-3,8,12-13,17H,4-7,9H2,1H3;1H. The maximum absolute atomic E-state index is 12.8. The van der Waals surface area contributed by atoms with Crippen molar-refractivity contribution in [1.29, 1.82) is 0 Å². The quantitative estimate of drug-likeness (QED) is 0.727. The van der Waals surface area contributed by atoms with E-state index in [1.54, 1.807) is 0 Å². The Morgan fingerprint density at radius 3 is 2.80 bits per heavy atom. The van der Waals surface area contributed by atoms with Gasteiger partial charge in [0.1, 0.15) is 0 Å². The monoisotopic (exact) mass is 406 g/mol. The van der Waals surface area contributed by atoms with Crippen LogP contribution in [0.2, 0.25) is 0 Å². The molecular weight excluding hydrogens is 387 g/mol. The molecule has 0 saturated carbocycles. The first-order chi connectivity index (χ1) is 9.16. The molecule has 3 nitrogen and oxygen atoms in total. The lowest BCUT2D eigenvalue weighted by Gasteiger charge is -2.28. The Kier molecular flexibility index (Phi) is 5.31. The molecular formula is C15H20ClIN2O. The Morgan fingerprint density at radius 1 is 1.30 bits per heavy atom. The molecule has 5 heteroatoms. The van der Waals surface area contributed by atoms with E-state index in [-0.39, 0.29) is 18.3 Å². The summed E-state index contributed by atoms with van der Waals surface area (Å²) in [6.45, 7) is 4.07. The lowest BCUT2D eigenvalue weighted by molar-refractivity contribution is 0.0680. The second-order valence-electron chi connectivity index (χ2n) is 5.55. The third kappa shape index (κ3) is 2.97. The first-order valence-electron chi connectivity index (χ1n) is 6.96. The Hall–Kier alpha value is -0.330. The second-order valence-corrected chi connectivity index (χ2v) is 6.72. The van der Waals surface area contributed by atoms with Gasteiger partial charge in [0.05, 0.1) is 0 Å². The van der Waals surface area contributed by atoms with Crippen LogP contribution in [0, 0.1) is 10.5 Å². The number of carbonyl (C=O) groups is 1. The molecule has 3 rings (SSSR count). The fraction of sp³-hybridized carbons (Fsp3) is 0.533. The molecule has 0 aromatic heterocycles. The van der Waals surface area contributed by atoms with Gasteiger partial charge in [-0.15, -0.1) is 12.4 Å². The predicted molar refractivity (Wildman–Crippen MR) is 91.6 cm³/mol. The molecule has 1 N–H and O–H groups in total.